The summed E-state index contributed by atoms with van der Waals surface area (Å²) in [5.41, 5.74) is 0. The van der Waals surface area contributed by atoms with E-state index in [0.717, 1.165) is 37.7 Å². The van der Waals surface area contributed by atoms with E-state index in [-0.39, 0.29) is 6.10 Å². The van der Waals surface area contributed by atoms with Crippen LogP contribution in [0.1, 0.15) is 20.3 Å². The quantitative estimate of drug-likeness (QED) is 0.820. The maximum absolute atomic E-state index is 9.58. The molecule has 0 aliphatic carbocycles. The Hall–Kier alpha value is -1.36. The molecule has 17 heavy (non-hydrogen) atoms. The van der Waals surface area contributed by atoms with E-state index in [0.29, 0.717) is 5.92 Å². The zero-order valence-electron chi connectivity index (χ0n) is 10.4. The Balaban J connectivity index is 2.05. The third-order valence-electron chi connectivity index (χ3n) is 3.24. The van der Waals surface area contributed by atoms with E-state index in [1.54, 1.807) is 6.33 Å². The van der Waals surface area contributed by atoms with Gasteiger partial charge in [-0.05, 0) is 20.3 Å². The van der Waals surface area contributed by atoms with Crippen LogP contribution in [0.3, 0.4) is 0 Å². The SMILES string of the molecule is CCNc1cc(N2CCC(C(C)O)C2)ncn1. The Morgan fingerprint density at radius 3 is 3.06 bits per heavy atom. The van der Waals surface area contributed by atoms with Crippen molar-refractivity contribution in [2.45, 2.75) is 26.4 Å². The summed E-state index contributed by atoms with van der Waals surface area (Å²) < 4.78 is 0. The average Bonchev–Trinajstić information content (AvgIpc) is 2.79. The number of hydrogen-bond donors (Lipinski definition) is 2. The van der Waals surface area contributed by atoms with Crippen molar-refractivity contribution in [3.63, 3.8) is 0 Å². The summed E-state index contributed by atoms with van der Waals surface area (Å²) >= 11 is 0. The first-order chi connectivity index (χ1) is 8.20. The van der Waals surface area contributed by atoms with Gasteiger partial charge in [0.05, 0.1) is 6.10 Å². The Bertz CT molecular complexity index is 369. The Morgan fingerprint density at radius 1 is 1.59 bits per heavy atom. The highest BCUT2D eigenvalue weighted by molar-refractivity contribution is 5.49. The second kappa shape index (κ2) is 5.31. The number of aliphatic hydroxyl groups is 1. The summed E-state index contributed by atoms with van der Waals surface area (Å²) in [5, 5.41) is 12.8. The zero-order chi connectivity index (χ0) is 12.3. The molecule has 5 heteroatoms. The molecule has 94 valence electrons. The molecular formula is C12H20N4O. The molecule has 1 aliphatic rings. The summed E-state index contributed by atoms with van der Waals surface area (Å²) in [7, 11) is 0. The van der Waals surface area contributed by atoms with Crippen molar-refractivity contribution in [1.29, 1.82) is 0 Å². The second-order valence-electron chi connectivity index (χ2n) is 4.53. The van der Waals surface area contributed by atoms with Crippen molar-refractivity contribution in [3.05, 3.63) is 12.4 Å². The third kappa shape index (κ3) is 2.85. The zero-order valence-corrected chi connectivity index (χ0v) is 10.4. The van der Waals surface area contributed by atoms with Gasteiger partial charge in [-0.1, -0.05) is 0 Å². The molecule has 1 aromatic rings. The lowest BCUT2D eigenvalue weighted by Gasteiger charge is -2.18. The molecule has 0 spiro atoms. The van der Waals surface area contributed by atoms with E-state index < -0.39 is 0 Å². The lowest BCUT2D eigenvalue weighted by atomic mass is 10.0. The molecule has 0 bridgehead atoms. The molecule has 0 amide bonds. The fourth-order valence-electron chi connectivity index (χ4n) is 2.19. The Labute approximate surface area is 102 Å². The highest BCUT2D eigenvalue weighted by atomic mass is 16.3. The monoisotopic (exact) mass is 236 g/mol. The van der Waals surface area contributed by atoms with Gasteiger partial charge in [0.1, 0.15) is 18.0 Å². The first kappa shape index (κ1) is 12.1. The number of rotatable bonds is 4. The first-order valence-corrected chi connectivity index (χ1v) is 6.19. The van der Waals surface area contributed by atoms with Crippen LogP contribution >= 0.6 is 0 Å². The largest absolute Gasteiger partial charge is 0.393 e. The molecule has 2 rings (SSSR count). The fourth-order valence-corrected chi connectivity index (χ4v) is 2.19. The Kier molecular flexibility index (Phi) is 3.78. The molecule has 0 saturated carbocycles. The molecular weight excluding hydrogens is 216 g/mol. The van der Waals surface area contributed by atoms with Gasteiger partial charge in [-0.25, -0.2) is 9.97 Å². The van der Waals surface area contributed by atoms with Crippen molar-refractivity contribution in [3.8, 4) is 0 Å². The van der Waals surface area contributed by atoms with Gasteiger partial charge >= 0.3 is 0 Å². The van der Waals surface area contributed by atoms with Crippen molar-refractivity contribution < 1.29 is 5.11 Å². The average molecular weight is 236 g/mol. The van der Waals surface area contributed by atoms with Crippen LogP contribution in [-0.4, -0.2) is 40.8 Å². The molecule has 1 aliphatic heterocycles. The van der Waals surface area contributed by atoms with Crippen LogP contribution in [0.5, 0.6) is 0 Å². The van der Waals surface area contributed by atoms with E-state index in [4.69, 9.17) is 0 Å². The lowest BCUT2D eigenvalue weighted by Crippen LogP contribution is -2.24. The maximum atomic E-state index is 9.58. The molecule has 0 aromatic carbocycles. The molecule has 2 N–H and O–H groups in total. The molecule has 1 aromatic heterocycles. The van der Waals surface area contributed by atoms with E-state index in [9.17, 15) is 5.11 Å². The van der Waals surface area contributed by atoms with Crippen LogP contribution in [0.15, 0.2) is 12.4 Å². The molecule has 2 unspecified atom stereocenters. The van der Waals surface area contributed by atoms with Gasteiger partial charge in [-0.2, -0.15) is 0 Å². The fraction of sp³-hybridized carbons (Fsp3) is 0.667. The van der Waals surface area contributed by atoms with E-state index in [1.165, 1.54) is 0 Å². The smallest absolute Gasteiger partial charge is 0.134 e. The summed E-state index contributed by atoms with van der Waals surface area (Å²) in [6.07, 6.45) is 2.37. The summed E-state index contributed by atoms with van der Waals surface area (Å²) in [6, 6.07) is 1.97. The van der Waals surface area contributed by atoms with Gasteiger partial charge in [0.2, 0.25) is 0 Å². The minimum Gasteiger partial charge on any atom is -0.393 e. The third-order valence-corrected chi connectivity index (χ3v) is 3.24. The van der Waals surface area contributed by atoms with Crippen LogP contribution < -0.4 is 10.2 Å². The number of aromatic nitrogens is 2. The highest BCUT2D eigenvalue weighted by Crippen LogP contribution is 2.25. The van der Waals surface area contributed by atoms with Gasteiger partial charge < -0.3 is 15.3 Å². The maximum Gasteiger partial charge on any atom is 0.134 e. The minimum absolute atomic E-state index is 0.241. The number of hydrogen-bond acceptors (Lipinski definition) is 5. The highest BCUT2D eigenvalue weighted by Gasteiger charge is 2.26. The number of aliphatic hydroxyl groups excluding tert-OH is 1. The van der Waals surface area contributed by atoms with Crippen molar-refractivity contribution in [1.82, 2.24) is 9.97 Å². The first-order valence-electron chi connectivity index (χ1n) is 6.19. The normalized spacial score (nSPS) is 21.6. The van der Waals surface area contributed by atoms with Crippen LogP contribution in [0.4, 0.5) is 11.6 Å². The number of nitrogens with zero attached hydrogens (tertiary/aromatic N) is 3. The summed E-state index contributed by atoms with van der Waals surface area (Å²) in [4.78, 5) is 10.7. The topological polar surface area (TPSA) is 61.3 Å². The molecule has 2 atom stereocenters. The molecule has 2 heterocycles. The number of anilines is 2. The Morgan fingerprint density at radius 2 is 2.41 bits per heavy atom. The van der Waals surface area contributed by atoms with Crippen molar-refractivity contribution in [2.75, 3.05) is 29.9 Å². The summed E-state index contributed by atoms with van der Waals surface area (Å²) in [6.45, 7) is 6.59. The lowest BCUT2D eigenvalue weighted by molar-refractivity contribution is 0.136. The van der Waals surface area contributed by atoms with Crippen LogP contribution in [0.25, 0.3) is 0 Å². The van der Waals surface area contributed by atoms with Crippen LogP contribution in [0.2, 0.25) is 0 Å². The second-order valence-corrected chi connectivity index (χ2v) is 4.53. The molecule has 1 fully saturated rings. The minimum atomic E-state index is -0.241. The van der Waals surface area contributed by atoms with Gasteiger partial charge in [0.15, 0.2) is 0 Å². The van der Waals surface area contributed by atoms with Gasteiger partial charge in [0, 0.05) is 31.6 Å². The van der Waals surface area contributed by atoms with Gasteiger partial charge in [0.25, 0.3) is 0 Å². The van der Waals surface area contributed by atoms with E-state index in [1.807, 2.05) is 19.9 Å². The standard InChI is InChI=1S/C12H20N4O/c1-3-13-11-6-12(15-8-14-11)16-5-4-10(7-16)9(2)17/h6,8-10,17H,3-5,7H2,1-2H3,(H,13,14,15). The molecule has 5 nitrogen and oxygen atoms in total. The van der Waals surface area contributed by atoms with Crippen LogP contribution in [-0.2, 0) is 0 Å². The molecule has 0 radical (unpaired) electrons. The van der Waals surface area contributed by atoms with Crippen LogP contribution in [0, 0.1) is 5.92 Å². The van der Waals surface area contributed by atoms with Crippen molar-refractivity contribution in [2.24, 2.45) is 5.92 Å². The van der Waals surface area contributed by atoms with E-state index >= 15 is 0 Å². The number of nitrogens with one attached hydrogen (secondary N) is 1. The van der Waals surface area contributed by atoms with Gasteiger partial charge in [-0.3, -0.25) is 0 Å². The van der Waals surface area contributed by atoms with Crippen molar-refractivity contribution >= 4 is 11.6 Å². The van der Waals surface area contributed by atoms with Gasteiger partial charge in [-0.15, -0.1) is 0 Å². The summed E-state index contributed by atoms with van der Waals surface area (Å²) in [5.74, 6) is 2.16. The molecule has 1 saturated heterocycles. The van der Waals surface area contributed by atoms with E-state index in [2.05, 4.69) is 20.2 Å². The predicted molar refractivity (Wildman–Crippen MR) is 68.2 cm³/mol. The predicted octanol–water partition coefficient (Wildman–Crippen LogP) is 1.12.